The van der Waals surface area contributed by atoms with Crippen molar-refractivity contribution in [2.75, 3.05) is 0 Å². The monoisotopic (exact) mass is 195 g/mol. The predicted octanol–water partition coefficient (Wildman–Crippen LogP) is 3.71. The molecule has 0 aliphatic rings. The lowest BCUT2D eigenvalue weighted by Gasteiger charge is -2.17. The number of nitriles is 1. The van der Waals surface area contributed by atoms with Gasteiger partial charge in [0, 0.05) is 0 Å². The van der Waals surface area contributed by atoms with Crippen LogP contribution in [0.4, 0.5) is 0 Å². The summed E-state index contributed by atoms with van der Waals surface area (Å²) in [5, 5.41) is 17.3. The summed E-state index contributed by atoms with van der Waals surface area (Å²) >= 11 is 0. The largest absolute Gasteiger partial charge is 0.196 e. The maximum Gasteiger partial charge on any atom is 0.164 e. The van der Waals surface area contributed by atoms with Crippen LogP contribution < -0.4 is 0 Å². The van der Waals surface area contributed by atoms with E-state index < -0.39 is 5.54 Å². The highest BCUT2D eigenvalue weighted by Gasteiger charge is 2.23. The van der Waals surface area contributed by atoms with Crippen molar-refractivity contribution in [2.24, 2.45) is 10.2 Å². The second kappa shape index (κ2) is 5.09. The molecule has 0 radical (unpaired) electrons. The van der Waals surface area contributed by atoms with E-state index in [1.54, 1.807) is 0 Å². The first-order valence-electron chi connectivity index (χ1n) is 5.18. The molecule has 0 fully saturated rings. The highest BCUT2D eigenvalue weighted by molar-refractivity contribution is 5.03. The zero-order valence-corrected chi connectivity index (χ0v) is 9.96. The lowest BCUT2D eigenvalue weighted by molar-refractivity contribution is 0.446. The molecule has 0 N–H and O–H groups in total. The van der Waals surface area contributed by atoms with E-state index in [4.69, 9.17) is 5.26 Å². The van der Waals surface area contributed by atoms with E-state index in [-0.39, 0.29) is 5.54 Å². The molecule has 0 aliphatic carbocycles. The third-order valence-electron chi connectivity index (χ3n) is 1.83. The van der Waals surface area contributed by atoms with Crippen LogP contribution in [0.15, 0.2) is 10.2 Å². The van der Waals surface area contributed by atoms with Gasteiger partial charge in [0.15, 0.2) is 5.54 Å². The van der Waals surface area contributed by atoms with E-state index in [9.17, 15) is 0 Å². The summed E-state index contributed by atoms with van der Waals surface area (Å²) in [5.74, 6) is 0. The van der Waals surface area contributed by atoms with Gasteiger partial charge in [-0.1, -0.05) is 19.8 Å². The molecular weight excluding hydrogens is 174 g/mol. The molecule has 14 heavy (non-hydrogen) atoms. The number of hydrogen-bond acceptors (Lipinski definition) is 3. The fraction of sp³-hybridized carbons (Fsp3) is 0.909. The van der Waals surface area contributed by atoms with Gasteiger partial charge in [-0.3, -0.25) is 0 Å². The van der Waals surface area contributed by atoms with Crippen LogP contribution in [-0.2, 0) is 0 Å². The summed E-state index contributed by atoms with van der Waals surface area (Å²) in [6, 6.07) is 2.23. The third-order valence-corrected chi connectivity index (χ3v) is 1.83. The number of azo groups is 1. The molecule has 3 heteroatoms. The van der Waals surface area contributed by atoms with E-state index in [0.29, 0.717) is 0 Å². The van der Waals surface area contributed by atoms with Gasteiger partial charge in [-0.05, 0) is 34.1 Å². The summed E-state index contributed by atoms with van der Waals surface area (Å²) in [5.41, 5.74) is -0.826. The first-order valence-corrected chi connectivity index (χ1v) is 5.18. The van der Waals surface area contributed by atoms with Crippen LogP contribution in [0.3, 0.4) is 0 Å². The Morgan fingerprint density at radius 2 is 1.71 bits per heavy atom. The van der Waals surface area contributed by atoms with Crippen LogP contribution in [0.25, 0.3) is 0 Å². The number of nitrogens with zero attached hydrogens (tertiary/aromatic N) is 3. The Bertz CT molecular complexity index is 232. The van der Waals surface area contributed by atoms with Gasteiger partial charge in [0.05, 0.1) is 11.6 Å². The van der Waals surface area contributed by atoms with Crippen molar-refractivity contribution in [3.05, 3.63) is 0 Å². The molecule has 1 unspecified atom stereocenters. The highest BCUT2D eigenvalue weighted by atomic mass is 15.2. The van der Waals surface area contributed by atoms with Crippen LogP contribution in [-0.4, -0.2) is 11.1 Å². The van der Waals surface area contributed by atoms with Gasteiger partial charge < -0.3 is 0 Å². The summed E-state index contributed by atoms with van der Waals surface area (Å²) < 4.78 is 0. The molecule has 0 saturated carbocycles. The molecule has 0 aromatic rings. The van der Waals surface area contributed by atoms with Gasteiger partial charge in [-0.25, -0.2) is 0 Å². The minimum Gasteiger partial charge on any atom is -0.196 e. The number of hydrogen-bond donors (Lipinski definition) is 0. The second-order valence-electron chi connectivity index (χ2n) is 4.86. The second-order valence-corrected chi connectivity index (χ2v) is 4.86. The van der Waals surface area contributed by atoms with Crippen molar-refractivity contribution in [1.82, 2.24) is 0 Å². The van der Waals surface area contributed by atoms with Crippen LogP contribution in [0.1, 0.15) is 53.9 Å². The van der Waals surface area contributed by atoms with Crippen LogP contribution in [0.5, 0.6) is 0 Å². The predicted molar refractivity (Wildman–Crippen MR) is 58.2 cm³/mol. The Morgan fingerprint density at radius 1 is 1.14 bits per heavy atom. The minimum atomic E-state index is -0.636. The average molecular weight is 195 g/mol. The van der Waals surface area contributed by atoms with Crippen LogP contribution in [0, 0.1) is 11.3 Å². The topological polar surface area (TPSA) is 48.5 Å². The number of unbranched alkanes of at least 4 members (excludes halogenated alkanes) is 1. The summed E-state index contributed by atoms with van der Waals surface area (Å²) in [6.45, 7) is 9.90. The Labute approximate surface area is 87.2 Å². The maximum absolute atomic E-state index is 9.01. The van der Waals surface area contributed by atoms with Gasteiger partial charge >= 0.3 is 0 Å². The lowest BCUT2D eigenvalue weighted by atomic mass is 9.98. The quantitative estimate of drug-likeness (QED) is 0.631. The van der Waals surface area contributed by atoms with Crippen LogP contribution in [0.2, 0.25) is 0 Å². The SMILES string of the molecule is CCCCC(C)(C#N)/N=N/C(C)(C)C. The van der Waals surface area contributed by atoms with Crippen molar-refractivity contribution in [2.45, 2.75) is 65.0 Å². The molecule has 0 amide bonds. The molecule has 0 heterocycles. The molecular formula is C11H21N3. The van der Waals surface area contributed by atoms with Gasteiger partial charge in [0.25, 0.3) is 0 Å². The van der Waals surface area contributed by atoms with Crippen molar-refractivity contribution >= 4 is 0 Å². The molecule has 80 valence electrons. The van der Waals surface area contributed by atoms with E-state index >= 15 is 0 Å². The Morgan fingerprint density at radius 3 is 2.07 bits per heavy atom. The third kappa shape index (κ3) is 5.69. The highest BCUT2D eigenvalue weighted by Crippen LogP contribution is 2.20. The van der Waals surface area contributed by atoms with Crippen molar-refractivity contribution in [3.8, 4) is 6.07 Å². The standard InChI is InChI=1S/C11H21N3/c1-6-7-8-11(5,9-12)14-13-10(2,3)4/h6-8H2,1-5H3/b14-13+. The normalized spacial score (nSPS) is 16.6. The fourth-order valence-corrected chi connectivity index (χ4v) is 0.910. The number of rotatable bonds is 4. The van der Waals surface area contributed by atoms with E-state index in [0.717, 1.165) is 19.3 Å². The first-order chi connectivity index (χ1) is 6.33. The van der Waals surface area contributed by atoms with Gasteiger partial charge in [-0.15, -0.1) is 0 Å². The Balaban J connectivity index is 4.41. The minimum absolute atomic E-state index is 0.190. The first kappa shape index (κ1) is 13.1. The lowest BCUT2D eigenvalue weighted by Crippen LogP contribution is -2.20. The summed E-state index contributed by atoms with van der Waals surface area (Å²) in [6.07, 6.45) is 2.90. The molecule has 0 saturated heterocycles. The molecule has 3 nitrogen and oxygen atoms in total. The molecule has 0 aromatic heterocycles. The summed E-state index contributed by atoms with van der Waals surface area (Å²) in [4.78, 5) is 0. The van der Waals surface area contributed by atoms with Crippen molar-refractivity contribution in [1.29, 1.82) is 5.26 Å². The zero-order chi connectivity index (χ0) is 11.2. The summed E-state index contributed by atoms with van der Waals surface area (Å²) in [7, 11) is 0. The van der Waals surface area contributed by atoms with E-state index in [2.05, 4.69) is 23.2 Å². The van der Waals surface area contributed by atoms with Crippen molar-refractivity contribution in [3.63, 3.8) is 0 Å². The molecule has 0 spiro atoms. The molecule has 0 aliphatic heterocycles. The van der Waals surface area contributed by atoms with Crippen molar-refractivity contribution < 1.29 is 0 Å². The zero-order valence-electron chi connectivity index (χ0n) is 9.96. The Hall–Kier alpha value is -0.910. The molecule has 0 aromatic carbocycles. The molecule has 0 bridgehead atoms. The average Bonchev–Trinajstić information content (AvgIpc) is 2.10. The smallest absolute Gasteiger partial charge is 0.164 e. The van der Waals surface area contributed by atoms with Gasteiger partial charge in [-0.2, -0.15) is 15.5 Å². The van der Waals surface area contributed by atoms with E-state index in [1.165, 1.54) is 0 Å². The molecule has 1 atom stereocenters. The van der Waals surface area contributed by atoms with Gasteiger partial charge in [0.2, 0.25) is 0 Å². The van der Waals surface area contributed by atoms with E-state index in [1.807, 2.05) is 27.7 Å². The van der Waals surface area contributed by atoms with Gasteiger partial charge in [0.1, 0.15) is 0 Å². The van der Waals surface area contributed by atoms with Crippen LogP contribution >= 0.6 is 0 Å². The maximum atomic E-state index is 9.01. The molecule has 0 rings (SSSR count). The fourth-order valence-electron chi connectivity index (χ4n) is 0.910. The Kier molecular flexibility index (Phi) is 4.76.